The average Bonchev–Trinajstić information content (AvgIpc) is 2.82. The van der Waals surface area contributed by atoms with Gasteiger partial charge < -0.3 is 0 Å². The molecule has 0 atom stereocenters. The lowest BCUT2D eigenvalue weighted by Crippen LogP contribution is -2.26. The fourth-order valence-electron chi connectivity index (χ4n) is 3.02. The quantitative estimate of drug-likeness (QED) is 0.244. The fourth-order valence-corrected chi connectivity index (χ4v) is 4.21. The largest absolute Gasteiger partial charge is 0.288 e. The van der Waals surface area contributed by atoms with Crippen LogP contribution in [0.5, 0.6) is 0 Å². The number of carbonyl (C=O) groups is 1. The number of hydrogen-bond donors (Lipinski definition) is 2. The second kappa shape index (κ2) is 9.41. The molecule has 32 heavy (non-hydrogen) atoms. The van der Waals surface area contributed by atoms with Gasteiger partial charge in [0.2, 0.25) is 0 Å². The Hall–Kier alpha value is -4.02. The second-order valence-electron chi connectivity index (χ2n) is 6.67. The van der Waals surface area contributed by atoms with Crippen LogP contribution >= 0.6 is 0 Å². The van der Waals surface area contributed by atoms with E-state index in [1.165, 1.54) is 25.3 Å². The summed E-state index contributed by atoms with van der Waals surface area (Å²) in [6.45, 7) is 0. The molecule has 0 bridgehead atoms. The van der Waals surface area contributed by atoms with Crippen molar-refractivity contribution in [2.24, 2.45) is 0 Å². The van der Waals surface area contributed by atoms with Gasteiger partial charge in [0.15, 0.2) is 0 Å². The third-order valence-electron chi connectivity index (χ3n) is 4.70. The highest BCUT2D eigenvalue weighted by Crippen LogP contribution is 2.29. The lowest BCUT2D eigenvalue weighted by atomic mass is 9.97. The molecule has 0 aliphatic carbocycles. The van der Waals surface area contributed by atoms with Crippen LogP contribution in [-0.4, -0.2) is 31.5 Å². The Labute approximate surface area is 184 Å². The molecule has 1 amide bonds. The monoisotopic (exact) mass is 453 g/mol. The van der Waals surface area contributed by atoms with Gasteiger partial charge in [0.05, 0.1) is 15.5 Å². The number of non-ortho nitro benzene ring substituents is 1. The molecule has 3 rings (SSSR count). The smallest absolute Gasteiger partial charge is 0.269 e. The first-order valence-corrected chi connectivity index (χ1v) is 10.7. The van der Waals surface area contributed by atoms with Gasteiger partial charge in [-0.1, -0.05) is 42.5 Å². The van der Waals surface area contributed by atoms with Crippen molar-refractivity contribution in [3.8, 4) is 0 Å². The minimum Gasteiger partial charge on any atom is -0.288 e. The van der Waals surface area contributed by atoms with Crippen molar-refractivity contribution in [3.05, 3.63) is 106 Å². The van der Waals surface area contributed by atoms with E-state index in [0.717, 1.165) is 16.4 Å². The van der Waals surface area contributed by atoms with Crippen LogP contribution in [0.25, 0.3) is 5.57 Å². The lowest BCUT2D eigenvalue weighted by Gasteiger charge is -2.20. The Morgan fingerprint density at radius 1 is 1.00 bits per heavy atom. The normalized spacial score (nSPS) is 11.6. The van der Waals surface area contributed by atoms with Crippen molar-refractivity contribution in [3.63, 3.8) is 0 Å². The Kier molecular flexibility index (Phi) is 6.67. The average molecular weight is 453 g/mol. The Morgan fingerprint density at radius 2 is 1.62 bits per heavy atom. The first-order chi connectivity index (χ1) is 15.2. The van der Waals surface area contributed by atoms with E-state index in [9.17, 15) is 23.3 Å². The maximum absolute atomic E-state index is 13.0. The SMILES string of the molecule is CN(c1cccc(/C(=C\C(=O)NO)c2ccccc2)c1)S(=O)(=O)c1ccc([N+](=O)[O-])cc1. The van der Waals surface area contributed by atoms with E-state index in [-0.39, 0.29) is 10.6 Å². The van der Waals surface area contributed by atoms with Crippen molar-refractivity contribution in [2.75, 3.05) is 11.4 Å². The second-order valence-corrected chi connectivity index (χ2v) is 8.64. The molecule has 10 heteroatoms. The molecule has 3 aromatic carbocycles. The first-order valence-electron chi connectivity index (χ1n) is 9.29. The van der Waals surface area contributed by atoms with Crippen LogP contribution in [0.2, 0.25) is 0 Å². The summed E-state index contributed by atoms with van der Waals surface area (Å²) in [5, 5.41) is 19.8. The van der Waals surface area contributed by atoms with Gasteiger partial charge in [-0.2, -0.15) is 0 Å². The van der Waals surface area contributed by atoms with Crippen LogP contribution < -0.4 is 9.79 Å². The molecule has 0 radical (unpaired) electrons. The Bertz CT molecular complexity index is 1270. The molecule has 164 valence electrons. The maximum Gasteiger partial charge on any atom is 0.269 e. The number of nitro groups is 1. The Balaban J connectivity index is 2.02. The maximum atomic E-state index is 13.0. The van der Waals surface area contributed by atoms with E-state index >= 15 is 0 Å². The lowest BCUT2D eigenvalue weighted by molar-refractivity contribution is -0.384. The topological polar surface area (TPSA) is 130 Å². The summed E-state index contributed by atoms with van der Waals surface area (Å²) < 4.78 is 27.1. The predicted octanol–water partition coefficient (Wildman–Crippen LogP) is 3.36. The van der Waals surface area contributed by atoms with E-state index in [1.807, 2.05) is 6.07 Å². The fraction of sp³-hybridized carbons (Fsp3) is 0.0455. The number of hydrogen-bond acceptors (Lipinski definition) is 6. The molecule has 0 aliphatic heterocycles. The van der Waals surface area contributed by atoms with Gasteiger partial charge in [0.25, 0.3) is 21.6 Å². The number of nitrogens with one attached hydrogen (secondary N) is 1. The number of nitrogens with zero attached hydrogens (tertiary/aromatic N) is 2. The zero-order valence-corrected chi connectivity index (χ0v) is 17.7. The molecule has 0 heterocycles. The summed E-state index contributed by atoms with van der Waals surface area (Å²) in [5.41, 5.74) is 3.36. The number of nitro benzene ring substituents is 1. The third-order valence-corrected chi connectivity index (χ3v) is 6.50. The summed E-state index contributed by atoms with van der Waals surface area (Å²) in [5.74, 6) is -0.735. The number of hydroxylamine groups is 1. The molecule has 0 unspecified atom stereocenters. The van der Waals surface area contributed by atoms with Crippen LogP contribution in [-0.2, 0) is 14.8 Å². The minimum absolute atomic E-state index is 0.102. The number of carbonyl (C=O) groups excluding carboxylic acids is 1. The van der Waals surface area contributed by atoms with Gasteiger partial charge in [-0.25, -0.2) is 13.9 Å². The molecule has 0 saturated heterocycles. The molecule has 0 fully saturated rings. The number of sulfonamides is 1. The number of amides is 1. The van der Waals surface area contributed by atoms with Crippen LogP contribution in [0.4, 0.5) is 11.4 Å². The van der Waals surface area contributed by atoms with E-state index in [1.54, 1.807) is 54.0 Å². The first kappa shape index (κ1) is 22.7. The zero-order chi connectivity index (χ0) is 23.3. The van der Waals surface area contributed by atoms with Gasteiger partial charge in [-0.05, 0) is 41.0 Å². The summed E-state index contributed by atoms with van der Waals surface area (Å²) >= 11 is 0. The number of benzene rings is 3. The van der Waals surface area contributed by atoms with Gasteiger partial charge >= 0.3 is 0 Å². The van der Waals surface area contributed by atoms with Crippen LogP contribution in [0.3, 0.4) is 0 Å². The van der Waals surface area contributed by atoms with Crippen molar-refractivity contribution in [1.29, 1.82) is 0 Å². The highest BCUT2D eigenvalue weighted by molar-refractivity contribution is 7.92. The third kappa shape index (κ3) is 4.82. The predicted molar refractivity (Wildman–Crippen MR) is 119 cm³/mol. The van der Waals surface area contributed by atoms with Gasteiger partial charge in [0, 0.05) is 25.3 Å². The molecule has 3 aromatic rings. The highest BCUT2D eigenvalue weighted by Gasteiger charge is 2.23. The molecule has 2 N–H and O–H groups in total. The van der Waals surface area contributed by atoms with E-state index < -0.39 is 20.9 Å². The van der Waals surface area contributed by atoms with Gasteiger partial charge in [-0.3, -0.25) is 24.4 Å². The molecule has 0 saturated carbocycles. The standard InChI is InChI=1S/C22H19N3O6S/c1-24(32(30,31)20-12-10-18(11-13-20)25(28)29)19-9-5-8-17(14-19)21(15-22(26)23-27)16-6-3-2-4-7-16/h2-15,27H,1H3,(H,23,26)/b21-15-. The Morgan fingerprint density at radius 3 is 2.22 bits per heavy atom. The molecule has 9 nitrogen and oxygen atoms in total. The molecular formula is C22H19N3O6S. The van der Waals surface area contributed by atoms with Crippen molar-refractivity contribution < 1.29 is 23.3 Å². The zero-order valence-electron chi connectivity index (χ0n) is 16.9. The van der Waals surface area contributed by atoms with E-state index in [0.29, 0.717) is 22.4 Å². The van der Waals surface area contributed by atoms with Crippen molar-refractivity contribution >= 4 is 32.9 Å². The molecular weight excluding hydrogens is 434 g/mol. The van der Waals surface area contributed by atoms with Crippen molar-refractivity contribution in [1.82, 2.24) is 5.48 Å². The van der Waals surface area contributed by atoms with Crippen molar-refractivity contribution in [2.45, 2.75) is 4.90 Å². The number of anilines is 1. The summed E-state index contributed by atoms with van der Waals surface area (Å²) in [7, 11) is -2.63. The summed E-state index contributed by atoms with van der Waals surface area (Å²) in [4.78, 5) is 21.9. The molecule has 0 aromatic heterocycles. The van der Waals surface area contributed by atoms with Gasteiger partial charge in [0.1, 0.15) is 0 Å². The minimum atomic E-state index is -4.00. The van der Waals surface area contributed by atoms with Gasteiger partial charge in [-0.15, -0.1) is 0 Å². The van der Waals surface area contributed by atoms with Crippen LogP contribution in [0.1, 0.15) is 11.1 Å². The van der Waals surface area contributed by atoms with E-state index in [2.05, 4.69) is 0 Å². The highest BCUT2D eigenvalue weighted by atomic mass is 32.2. The molecule has 0 spiro atoms. The van der Waals surface area contributed by atoms with Crippen LogP contribution in [0, 0.1) is 10.1 Å². The summed E-state index contributed by atoms with van der Waals surface area (Å²) in [6.07, 6.45) is 1.21. The van der Waals surface area contributed by atoms with Crippen LogP contribution in [0.15, 0.2) is 89.8 Å². The number of rotatable bonds is 7. The van der Waals surface area contributed by atoms with E-state index in [4.69, 9.17) is 5.21 Å². The summed E-state index contributed by atoms with van der Waals surface area (Å²) in [6, 6.07) is 20.1. The molecule has 0 aliphatic rings.